The Hall–Kier alpha value is -1.89. The highest BCUT2D eigenvalue weighted by Gasteiger charge is 2.24. The van der Waals surface area contributed by atoms with Gasteiger partial charge in [0.25, 0.3) is 0 Å². The molecule has 2 N–H and O–H groups in total. The molecule has 1 atom stereocenters. The summed E-state index contributed by atoms with van der Waals surface area (Å²) in [6, 6.07) is 7.95. The summed E-state index contributed by atoms with van der Waals surface area (Å²) in [5.41, 5.74) is 1.67. The molecule has 2 aliphatic rings. The van der Waals surface area contributed by atoms with E-state index < -0.39 is 0 Å². The SMILES string of the molecule is CC(C)COc1cccc2[nH]c(C(=O)CC3CCN(CCN4CCCC(O)CC4)CC3)cc12. The van der Waals surface area contributed by atoms with Gasteiger partial charge in [-0.05, 0) is 81.8 Å². The maximum Gasteiger partial charge on any atom is 0.179 e. The molecule has 1 unspecified atom stereocenters. The lowest BCUT2D eigenvalue weighted by molar-refractivity contribution is 0.0916. The van der Waals surface area contributed by atoms with Gasteiger partial charge in [-0.1, -0.05) is 19.9 Å². The van der Waals surface area contributed by atoms with E-state index in [1.807, 2.05) is 24.3 Å². The molecule has 0 amide bonds. The lowest BCUT2D eigenvalue weighted by Crippen LogP contribution is -2.40. The van der Waals surface area contributed by atoms with Crippen LogP contribution in [0.2, 0.25) is 0 Å². The zero-order chi connectivity index (χ0) is 23.2. The zero-order valence-electron chi connectivity index (χ0n) is 20.4. The van der Waals surface area contributed by atoms with Crippen LogP contribution in [0.5, 0.6) is 5.75 Å². The van der Waals surface area contributed by atoms with Gasteiger partial charge in [-0.15, -0.1) is 0 Å². The zero-order valence-corrected chi connectivity index (χ0v) is 20.4. The predicted molar refractivity (Wildman–Crippen MR) is 133 cm³/mol. The number of ether oxygens (including phenoxy) is 1. The highest BCUT2D eigenvalue weighted by molar-refractivity contribution is 6.00. The minimum atomic E-state index is -0.111. The van der Waals surface area contributed by atoms with Crippen LogP contribution in [0.1, 0.15) is 62.9 Å². The molecule has 0 saturated carbocycles. The van der Waals surface area contributed by atoms with Crippen molar-refractivity contribution in [2.75, 3.05) is 45.9 Å². The number of rotatable bonds is 9. The maximum atomic E-state index is 13.0. The first kappa shape index (κ1) is 24.2. The number of Topliss-reactive ketones (excluding diaryl/α,β-unsaturated/α-hetero) is 1. The molecule has 182 valence electrons. The Morgan fingerprint density at radius 2 is 1.82 bits per heavy atom. The Kier molecular flexibility index (Phi) is 8.45. The van der Waals surface area contributed by atoms with Crippen LogP contribution in [0.3, 0.4) is 0 Å². The molecule has 2 aromatic rings. The van der Waals surface area contributed by atoms with Gasteiger partial charge in [0.2, 0.25) is 0 Å². The van der Waals surface area contributed by atoms with Crippen molar-refractivity contribution < 1.29 is 14.6 Å². The second kappa shape index (κ2) is 11.5. The number of hydrogen-bond donors (Lipinski definition) is 2. The van der Waals surface area contributed by atoms with Gasteiger partial charge in [-0.2, -0.15) is 0 Å². The molecule has 2 saturated heterocycles. The van der Waals surface area contributed by atoms with E-state index in [-0.39, 0.29) is 11.9 Å². The van der Waals surface area contributed by atoms with Crippen LogP contribution < -0.4 is 4.74 Å². The Balaban J connectivity index is 1.24. The van der Waals surface area contributed by atoms with Crippen molar-refractivity contribution in [2.45, 2.75) is 58.5 Å². The van der Waals surface area contributed by atoms with Crippen molar-refractivity contribution in [3.63, 3.8) is 0 Å². The Labute approximate surface area is 198 Å². The molecular formula is C27H41N3O3. The maximum absolute atomic E-state index is 13.0. The van der Waals surface area contributed by atoms with E-state index in [1.165, 1.54) is 0 Å². The second-order valence-electron chi connectivity index (χ2n) is 10.4. The number of piperidine rings is 1. The lowest BCUT2D eigenvalue weighted by atomic mass is 9.91. The van der Waals surface area contributed by atoms with Crippen LogP contribution in [-0.4, -0.2) is 77.7 Å². The number of aromatic amines is 1. The minimum Gasteiger partial charge on any atom is -0.493 e. The van der Waals surface area contributed by atoms with E-state index >= 15 is 0 Å². The molecule has 2 fully saturated rings. The molecule has 0 bridgehead atoms. The number of carbonyl (C=O) groups excluding carboxylic acids is 1. The predicted octanol–water partition coefficient (Wildman–Crippen LogP) is 4.33. The molecule has 4 rings (SSSR count). The third-order valence-corrected chi connectivity index (χ3v) is 7.20. The summed E-state index contributed by atoms with van der Waals surface area (Å²) in [6.07, 6.45) is 5.64. The molecule has 1 aromatic carbocycles. The third kappa shape index (κ3) is 6.81. The summed E-state index contributed by atoms with van der Waals surface area (Å²) >= 11 is 0. The number of aromatic nitrogens is 1. The monoisotopic (exact) mass is 455 g/mol. The molecule has 0 aliphatic carbocycles. The van der Waals surface area contributed by atoms with Gasteiger partial charge in [0.1, 0.15) is 5.75 Å². The topological polar surface area (TPSA) is 68.8 Å². The summed E-state index contributed by atoms with van der Waals surface area (Å²) in [7, 11) is 0. The number of hydrogen-bond acceptors (Lipinski definition) is 5. The van der Waals surface area contributed by atoms with Crippen LogP contribution in [0.4, 0.5) is 0 Å². The standard InChI is InChI=1S/C27H41N3O3/c1-20(2)19-33-27-7-3-6-24-23(27)18-25(28-24)26(32)17-21-8-12-30(13-9-21)16-15-29-11-4-5-22(31)10-14-29/h3,6-7,18,20-22,28,31H,4-5,8-17,19H2,1-2H3. The Morgan fingerprint density at radius 3 is 2.58 bits per heavy atom. The molecule has 33 heavy (non-hydrogen) atoms. The summed E-state index contributed by atoms with van der Waals surface area (Å²) in [5.74, 6) is 1.99. The number of nitrogens with one attached hydrogen (secondary N) is 1. The number of aliphatic hydroxyl groups is 1. The van der Waals surface area contributed by atoms with Gasteiger partial charge < -0.3 is 24.6 Å². The third-order valence-electron chi connectivity index (χ3n) is 7.20. The summed E-state index contributed by atoms with van der Waals surface area (Å²) < 4.78 is 5.96. The molecular weight excluding hydrogens is 414 g/mol. The number of H-pyrrole nitrogens is 1. The molecule has 0 spiro atoms. The normalized spacial score (nSPS) is 21.5. The van der Waals surface area contributed by atoms with E-state index in [4.69, 9.17) is 4.74 Å². The highest BCUT2D eigenvalue weighted by Crippen LogP contribution is 2.29. The molecule has 3 heterocycles. The van der Waals surface area contributed by atoms with Crippen molar-refractivity contribution in [1.29, 1.82) is 0 Å². The fourth-order valence-corrected chi connectivity index (χ4v) is 5.09. The molecule has 2 aliphatic heterocycles. The average molecular weight is 456 g/mol. The largest absolute Gasteiger partial charge is 0.493 e. The van der Waals surface area contributed by atoms with E-state index in [2.05, 4.69) is 28.6 Å². The number of fused-ring (bicyclic) bond motifs is 1. The lowest BCUT2D eigenvalue weighted by Gasteiger charge is -2.33. The average Bonchev–Trinajstić information content (AvgIpc) is 3.14. The van der Waals surface area contributed by atoms with Crippen LogP contribution in [0.15, 0.2) is 24.3 Å². The number of likely N-dealkylation sites (tertiary alicyclic amines) is 2. The van der Waals surface area contributed by atoms with Gasteiger partial charge in [-0.25, -0.2) is 0 Å². The first-order chi connectivity index (χ1) is 16.0. The Bertz CT molecular complexity index is 901. The summed E-state index contributed by atoms with van der Waals surface area (Å²) in [6.45, 7) is 11.4. The smallest absolute Gasteiger partial charge is 0.179 e. The minimum absolute atomic E-state index is 0.111. The van der Waals surface area contributed by atoms with Crippen LogP contribution in [0, 0.1) is 11.8 Å². The fraction of sp³-hybridized carbons (Fsp3) is 0.667. The van der Waals surface area contributed by atoms with E-state index in [9.17, 15) is 9.90 Å². The van der Waals surface area contributed by atoms with Crippen molar-refractivity contribution >= 4 is 16.7 Å². The van der Waals surface area contributed by atoms with Crippen molar-refractivity contribution in [2.24, 2.45) is 11.8 Å². The van der Waals surface area contributed by atoms with Crippen LogP contribution in [-0.2, 0) is 0 Å². The first-order valence-electron chi connectivity index (χ1n) is 12.9. The van der Waals surface area contributed by atoms with Gasteiger partial charge in [0.15, 0.2) is 5.78 Å². The molecule has 0 radical (unpaired) electrons. The number of nitrogens with zero attached hydrogens (tertiary/aromatic N) is 2. The summed E-state index contributed by atoms with van der Waals surface area (Å²) in [5, 5.41) is 10.8. The van der Waals surface area contributed by atoms with Gasteiger partial charge in [-0.3, -0.25) is 4.79 Å². The number of aliphatic hydroxyl groups excluding tert-OH is 1. The van der Waals surface area contributed by atoms with Crippen LogP contribution >= 0.6 is 0 Å². The molecule has 1 aromatic heterocycles. The Morgan fingerprint density at radius 1 is 1.09 bits per heavy atom. The fourth-order valence-electron chi connectivity index (χ4n) is 5.09. The summed E-state index contributed by atoms with van der Waals surface area (Å²) in [4.78, 5) is 21.4. The molecule has 6 heteroatoms. The first-order valence-corrected chi connectivity index (χ1v) is 12.9. The number of benzene rings is 1. The van der Waals surface area contributed by atoms with E-state index in [0.717, 1.165) is 88.0 Å². The van der Waals surface area contributed by atoms with Crippen molar-refractivity contribution in [3.05, 3.63) is 30.0 Å². The number of ketones is 1. The van der Waals surface area contributed by atoms with Gasteiger partial charge in [0.05, 0.1) is 18.4 Å². The van der Waals surface area contributed by atoms with Gasteiger partial charge >= 0.3 is 0 Å². The van der Waals surface area contributed by atoms with E-state index in [0.29, 0.717) is 30.6 Å². The quantitative estimate of drug-likeness (QED) is 0.551. The van der Waals surface area contributed by atoms with Crippen molar-refractivity contribution in [3.8, 4) is 5.75 Å². The van der Waals surface area contributed by atoms with Gasteiger partial charge in [0, 0.05) is 37.0 Å². The van der Waals surface area contributed by atoms with Crippen molar-refractivity contribution in [1.82, 2.24) is 14.8 Å². The van der Waals surface area contributed by atoms with Crippen LogP contribution in [0.25, 0.3) is 10.9 Å². The second-order valence-corrected chi connectivity index (χ2v) is 10.4. The van der Waals surface area contributed by atoms with E-state index in [1.54, 1.807) is 0 Å². The number of carbonyl (C=O) groups is 1. The molecule has 6 nitrogen and oxygen atoms in total. The highest BCUT2D eigenvalue weighted by atomic mass is 16.5.